The number of aromatic nitrogens is 1. The molecule has 0 saturated carbocycles. The lowest BCUT2D eigenvalue weighted by Gasteiger charge is -2.19. The molecule has 9 heteroatoms. The van der Waals surface area contributed by atoms with E-state index in [9.17, 15) is 16.8 Å². The molecule has 142 valence electrons. The Morgan fingerprint density at radius 1 is 1.00 bits per heavy atom. The molecular weight excluding hydrogens is 417 g/mol. The largest absolute Gasteiger partial charge is 0.264 e. The summed E-state index contributed by atoms with van der Waals surface area (Å²) >= 11 is 12.0. The summed E-state index contributed by atoms with van der Waals surface area (Å²) in [4.78, 5) is 4.12. The molecular formula is C17H19Cl2NO4S2. The van der Waals surface area contributed by atoms with Gasteiger partial charge in [-0.25, -0.2) is 16.8 Å². The zero-order chi connectivity index (χ0) is 19.4. The first kappa shape index (κ1) is 21.2. The van der Waals surface area contributed by atoms with Crippen molar-refractivity contribution in [2.24, 2.45) is 0 Å². The Bertz CT molecular complexity index is 959. The van der Waals surface area contributed by atoms with Crippen molar-refractivity contribution in [3.05, 3.63) is 58.3 Å². The zero-order valence-electron chi connectivity index (χ0n) is 14.1. The van der Waals surface area contributed by atoms with Gasteiger partial charge in [0.2, 0.25) is 0 Å². The average Bonchev–Trinajstić information content (AvgIpc) is 2.55. The van der Waals surface area contributed by atoms with Crippen molar-refractivity contribution in [3.8, 4) is 0 Å². The summed E-state index contributed by atoms with van der Waals surface area (Å²) in [5, 5.41) is -0.164. The van der Waals surface area contributed by atoms with Gasteiger partial charge >= 0.3 is 0 Å². The van der Waals surface area contributed by atoms with Crippen LogP contribution in [0.2, 0.25) is 10.0 Å². The Labute approximate surface area is 164 Å². The first-order valence-electron chi connectivity index (χ1n) is 7.88. The summed E-state index contributed by atoms with van der Waals surface area (Å²) in [5.41, 5.74) is 0.406. The second kappa shape index (κ2) is 8.69. The van der Waals surface area contributed by atoms with Crippen molar-refractivity contribution in [2.75, 3.05) is 12.0 Å². The Hall–Kier alpha value is -1.15. The van der Waals surface area contributed by atoms with Crippen molar-refractivity contribution in [2.45, 2.75) is 29.4 Å². The fourth-order valence-electron chi connectivity index (χ4n) is 2.59. The third-order valence-electron chi connectivity index (χ3n) is 3.89. The molecule has 2 rings (SSSR count). The number of pyridine rings is 1. The Morgan fingerprint density at radius 3 is 2.23 bits per heavy atom. The molecule has 5 nitrogen and oxygen atoms in total. The SMILES string of the molecule is CS(=O)(=O)CCCCC(c1cnccc1Cl)S(=O)(=O)c1ccc(Cl)cc1. The second-order valence-electron chi connectivity index (χ2n) is 6.01. The van der Waals surface area contributed by atoms with Gasteiger partial charge in [0.1, 0.15) is 9.84 Å². The van der Waals surface area contributed by atoms with Crippen LogP contribution in [0.1, 0.15) is 30.1 Å². The van der Waals surface area contributed by atoms with Gasteiger partial charge in [-0.15, -0.1) is 0 Å². The Morgan fingerprint density at radius 2 is 1.65 bits per heavy atom. The van der Waals surface area contributed by atoms with Crippen molar-refractivity contribution >= 4 is 42.9 Å². The highest BCUT2D eigenvalue weighted by Gasteiger charge is 2.30. The van der Waals surface area contributed by atoms with Crippen molar-refractivity contribution in [1.82, 2.24) is 4.98 Å². The van der Waals surface area contributed by atoms with E-state index in [1.54, 1.807) is 0 Å². The van der Waals surface area contributed by atoms with E-state index >= 15 is 0 Å². The first-order chi connectivity index (χ1) is 12.1. The molecule has 0 fully saturated rings. The number of sulfone groups is 2. The van der Waals surface area contributed by atoms with Crippen LogP contribution in [0.3, 0.4) is 0 Å². The normalized spacial score (nSPS) is 13.5. The van der Waals surface area contributed by atoms with Gasteiger partial charge in [0, 0.05) is 40.0 Å². The Balaban J connectivity index is 2.34. The summed E-state index contributed by atoms with van der Waals surface area (Å²) in [7, 11) is -6.83. The molecule has 1 aromatic carbocycles. The number of unbranched alkanes of at least 4 members (excludes halogenated alkanes) is 1. The molecule has 1 atom stereocenters. The van der Waals surface area contributed by atoms with Gasteiger partial charge < -0.3 is 0 Å². The van der Waals surface area contributed by atoms with Crippen LogP contribution < -0.4 is 0 Å². The molecule has 2 aromatic rings. The third kappa shape index (κ3) is 5.67. The summed E-state index contributed by atoms with van der Waals surface area (Å²) in [5.74, 6) is 0.0154. The monoisotopic (exact) mass is 435 g/mol. The molecule has 1 unspecified atom stereocenters. The van der Waals surface area contributed by atoms with Crippen LogP contribution in [-0.4, -0.2) is 33.8 Å². The minimum Gasteiger partial charge on any atom is -0.264 e. The maximum atomic E-state index is 13.1. The summed E-state index contributed by atoms with van der Waals surface area (Å²) in [6.45, 7) is 0. The van der Waals surface area contributed by atoms with E-state index in [2.05, 4.69) is 4.98 Å². The van der Waals surface area contributed by atoms with E-state index in [1.165, 1.54) is 42.7 Å². The smallest absolute Gasteiger partial charge is 0.185 e. The van der Waals surface area contributed by atoms with Gasteiger partial charge in [-0.2, -0.15) is 0 Å². The van der Waals surface area contributed by atoms with Gasteiger partial charge in [-0.05, 0) is 43.2 Å². The minimum absolute atomic E-state index is 0.0154. The van der Waals surface area contributed by atoms with E-state index in [0.29, 0.717) is 28.5 Å². The number of nitrogens with zero attached hydrogens (tertiary/aromatic N) is 1. The van der Waals surface area contributed by atoms with Crippen molar-refractivity contribution in [1.29, 1.82) is 0 Å². The lowest BCUT2D eigenvalue weighted by Crippen LogP contribution is -2.15. The van der Waals surface area contributed by atoms with E-state index in [-0.39, 0.29) is 17.1 Å². The maximum Gasteiger partial charge on any atom is 0.185 e. The summed E-state index contributed by atoms with van der Waals surface area (Å²) in [6, 6.07) is 7.47. The average molecular weight is 436 g/mol. The van der Waals surface area contributed by atoms with Gasteiger partial charge in [0.25, 0.3) is 0 Å². The van der Waals surface area contributed by atoms with E-state index in [1.807, 2.05) is 0 Å². The van der Waals surface area contributed by atoms with Crippen LogP contribution in [-0.2, 0) is 19.7 Å². The van der Waals surface area contributed by atoms with E-state index in [4.69, 9.17) is 23.2 Å². The number of rotatable bonds is 8. The summed E-state index contributed by atoms with van der Waals surface area (Å²) in [6.07, 6.45) is 5.14. The molecule has 0 saturated heterocycles. The van der Waals surface area contributed by atoms with Crippen LogP contribution in [0, 0.1) is 0 Å². The predicted molar refractivity (Wildman–Crippen MR) is 104 cm³/mol. The topological polar surface area (TPSA) is 81.2 Å². The van der Waals surface area contributed by atoms with Gasteiger partial charge in [0.15, 0.2) is 9.84 Å². The van der Waals surface area contributed by atoms with Gasteiger partial charge in [-0.3, -0.25) is 4.98 Å². The second-order valence-corrected chi connectivity index (χ2v) is 11.2. The van der Waals surface area contributed by atoms with Crippen LogP contribution >= 0.6 is 23.2 Å². The molecule has 0 spiro atoms. The van der Waals surface area contributed by atoms with Crippen LogP contribution in [0.5, 0.6) is 0 Å². The molecule has 26 heavy (non-hydrogen) atoms. The fourth-order valence-corrected chi connectivity index (χ4v) is 5.59. The lowest BCUT2D eigenvalue weighted by molar-refractivity contribution is 0.566. The van der Waals surface area contributed by atoms with Gasteiger partial charge in [0.05, 0.1) is 10.1 Å². The van der Waals surface area contributed by atoms with Crippen molar-refractivity contribution < 1.29 is 16.8 Å². The predicted octanol–water partition coefficient (Wildman–Crippen LogP) is 4.12. The van der Waals surface area contributed by atoms with Crippen LogP contribution in [0.15, 0.2) is 47.6 Å². The van der Waals surface area contributed by atoms with E-state index < -0.39 is 24.9 Å². The molecule has 0 radical (unpaired) electrons. The highest BCUT2D eigenvalue weighted by Crippen LogP contribution is 2.36. The molecule has 0 N–H and O–H groups in total. The molecule has 1 aromatic heterocycles. The molecule has 0 aliphatic carbocycles. The highest BCUT2D eigenvalue weighted by atomic mass is 35.5. The zero-order valence-corrected chi connectivity index (χ0v) is 17.2. The van der Waals surface area contributed by atoms with Crippen molar-refractivity contribution in [3.63, 3.8) is 0 Å². The van der Waals surface area contributed by atoms with E-state index in [0.717, 1.165) is 6.26 Å². The molecule has 0 bridgehead atoms. The highest BCUT2D eigenvalue weighted by molar-refractivity contribution is 7.91. The molecule has 0 aliphatic rings. The third-order valence-corrected chi connectivity index (χ3v) is 7.69. The first-order valence-corrected chi connectivity index (χ1v) is 12.2. The van der Waals surface area contributed by atoms with Crippen LogP contribution in [0.4, 0.5) is 0 Å². The maximum absolute atomic E-state index is 13.1. The number of hydrogen-bond donors (Lipinski definition) is 0. The molecule has 1 heterocycles. The quantitative estimate of drug-likeness (QED) is 0.582. The standard InChI is InChI=1S/C17H19Cl2NO4S2/c1-25(21,22)11-3-2-4-17(15-12-20-10-9-16(15)19)26(23,24)14-7-5-13(18)6-8-14/h5-10,12,17H,2-4,11H2,1H3. The van der Waals surface area contributed by atoms with Gasteiger partial charge in [-0.1, -0.05) is 29.6 Å². The number of hydrogen-bond acceptors (Lipinski definition) is 5. The minimum atomic E-state index is -3.74. The Kier molecular flexibility index (Phi) is 7.07. The lowest BCUT2D eigenvalue weighted by atomic mass is 10.1. The molecule has 0 aliphatic heterocycles. The molecule has 0 amide bonds. The number of benzene rings is 1. The van der Waals surface area contributed by atoms with Crippen LogP contribution in [0.25, 0.3) is 0 Å². The number of halogens is 2. The summed E-state index contributed by atoms with van der Waals surface area (Å²) < 4.78 is 48.9. The fraction of sp³-hybridized carbons (Fsp3) is 0.353.